The summed E-state index contributed by atoms with van der Waals surface area (Å²) in [6.45, 7) is 0. The van der Waals surface area contributed by atoms with Gasteiger partial charge in [-0.25, -0.2) is 9.37 Å². The molecule has 0 aliphatic heterocycles. The van der Waals surface area contributed by atoms with Crippen molar-refractivity contribution in [2.45, 2.75) is 6.42 Å². The van der Waals surface area contributed by atoms with Crippen LogP contribution in [0.15, 0.2) is 12.3 Å². The van der Waals surface area contributed by atoms with E-state index in [1.165, 1.54) is 12.3 Å². The molecule has 0 spiro atoms. The van der Waals surface area contributed by atoms with Crippen LogP contribution in [0.2, 0.25) is 0 Å². The van der Waals surface area contributed by atoms with Gasteiger partial charge >= 0.3 is 0 Å². The molecule has 0 aliphatic rings. The summed E-state index contributed by atoms with van der Waals surface area (Å²) in [5.41, 5.74) is 5.75. The summed E-state index contributed by atoms with van der Waals surface area (Å²) in [5, 5.41) is 0.810. The van der Waals surface area contributed by atoms with Gasteiger partial charge in [0.2, 0.25) is 0 Å². The first-order chi connectivity index (χ1) is 6.24. The fourth-order valence-corrected chi connectivity index (χ4v) is 0.927. The SMILES string of the molecule is Nc1ncc(C#CCCBr)cc1F. The molecule has 2 nitrogen and oxygen atoms in total. The lowest BCUT2D eigenvalue weighted by molar-refractivity contribution is 0.626. The Hall–Kier alpha value is -1.08. The summed E-state index contributed by atoms with van der Waals surface area (Å²) < 4.78 is 12.8. The zero-order valence-electron chi connectivity index (χ0n) is 6.85. The van der Waals surface area contributed by atoms with Crippen molar-refractivity contribution in [3.05, 3.63) is 23.6 Å². The predicted molar refractivity (Wildman–Crippen MR) is 53.9 cm³/mol. The van der Waals surface area contributed by atoms with Gasteiger partial charge in [-0.2, -0.15) is 0 Å². The molecule has 1 rings (SSSR count). The summed E-state index contributed by atoms with van der Waals surface area (Å²) in [7, 11) is 0. The van der Waals surface area contributed by atoms with Crippen LogP contribution in [-0.2, 0) is 0 Å². The second kappa shape index (κ2) is 4.83. The van der Waals surface area contributed by atoms with Crippen LogP contribution in [0.25, 0.3) is 0 Å². The number of alkyl halides is 1. The fourth-order valence-electron chi connectivity index (χ4n) is 0.729. The van der Waals surface area contributed by atoms with E-state index in [1.54, 1.807) is 0 Å². The fraction of sp³-hybridized carbons (Fsp3) is 0.222. The Morgan fingerprint density at radius 1 is 1.62 bits per heavy atom. The maximum absolute atomic E-state index is 12.8. The highest BCUT2D eigenvalue weighted by molar-refractivity contribution is 9.09. The van der Waals surface area contributed by atoms with Gasteiger partial charge in [0.15, 0.2) is 11.6 Å². The minimum atomic E-state index is -0.523. The highest BCUT2D eigenvalue weighted by Crippen LogP contribution is 2.06. The number of nitrogens with zero attached hydrogens (tertiary/aromatic N) is 1. The van der Waals surface area contributed by atoms with Gasteiger partial charge in [-0.15, -0.1) is 0 Å². The molecule has 0 saturated carbocycles. The number of pyridine rings is 1. The first-order valence-corrected chi connectivity index (χ1v) is 4.82. The minimum absolute atomic E-state index is 0.0916. The Labute approximate surface area is 84.5 Å². The van der Waals surface area contributed by atoms with E-state index in [9.17, 15) is 4.39 Å². The maximum atomic E-state index is 12.8. The zero-order chi connectivity index (χ0) is 9.68. The molecule has 0 unspecified atom stereocenters. The van der Waals surface area contributed by atoms with Crippen LogP contribution in [0.5, 0.6) is 0 Å². The second-order valence-corrected chi connectivity index (χ2v) is 3.12. The van der Waals surface area contributed by atoms with Crippen LogP contribution in [0.4, 0.5) is 10.2 Å². The smallest absolute Gasteiger partial charge is 0.166 e. The molecular weight excluding hydrogens is 235 g/mol. The van der Waals surface area contributed by atoms with Crippen molar-refractivity contribution in [2.24, 2.45) is 0 Å². The first-order valence-electron chi connectivity index (χ1n) is 3.70. The van der Waals surface area contributed by atoms with Gasteiger partial charge in [-0.05, 0) is 6.07 Å². The third-order valence-corrected chi connectivity index (χ3v) is 1.72. The molecule has 0 fully saturated rings. The topological polar surface area (TPSA) is 38.9 Å². The van der Waals surface area contributed by atoms with Crippen LogP contribution in [0, 0.1) is 17.7 Å². The monoisotopic (exact) mass is 242 g/mol. The van der Waals surface area contributed by atoms with Gasteiger partial charge in [0, 0.05) is 23.5 Å². The van der Waals surface area contributed by atoms with E-state index in [4.69, 9.17) is 5.73 Å². The molecule has 13 heavy (non-hydrogen) atoms. The lowest BCUT2D eigenvalue weighted by Crippen LogP contribution is -1.94. The molecule has 1 aromatic heterocycles. The van der Waals surface area contributed by atoms with E-state index in [-0.39, 0.29) is 5.82 Å². The summed E-state index contributed by atoms with van der Waals surface area (Å²) in [5.74, 6) is 5.02. The average Bonchev–Trinajstić information content (AvgIpc) is 2.12. The number of aromatic nitrogens is 1. The standard InChI is InChI=1S/C9H8BrFN2/c10-4-2-1-3-7-5-8(11)9(12)13-6-7/h5-6H,2,4H2,(H2,12,13). The van der Waals surface area contributed by atoms with Crippen LogP contribution >= 0.6 is 15.9 Å². The second-order valence-electron chi connectivity index (χ2n) is 2.33. The maximum Gasteiger partial charge on any atom is 0.166 e. The van der Waals surface area contributed by atoms with Crippen molar-refractivity contribution in [1.82, 2.24) is 4.98 Å². The normalized spacial score (nSPS) is 9.08. The molecule has 2 N–H and O–H groups in total. The first kappa shape index (κ1) is 10.0. The van der Waals surface area contributed by atoms with E-state index >= 15 is 0 Å². The Balaban J connectivity index is 2.81. The molecule has 0 aromatic carbocycles. The Morgan fingerprint density at radius 2 is 2.38 bits per heavy atom. The Morgan fingerprint density at radius 3 is 3.00 bits per heavy atom. The van der Waals surface area contributed by atoms with Crippen LogP contribution < -0.4 is 5.73 Å². The molecule has 0 atom stereocenters. The third kappa shape index (κ3) is 3.03. The molecule has 1 aromatic rings. The summed E-state index contributed by atoms with van der Waals surface area (Å²) in [6.07, 6.45) is 2.19. The molecule has 0 amide bonds. The minimum Gasteiger partial charge on any atom is -0.381 e. The van der Waals surface area contributed by atoms with E-state index in [0.29, 0.717) is 5.56 Å². The van der Waals surface area contributed by atoms with Gasteiger partial charge in [-0.3, -0.25) is 0 Å². The van der Waals surface area contributed by atoms with E-state index in [0.717, 1.165) is 11.8 Å². The number of nitrogens with two attached hydrogens (primary N) is 1. The molecule has 0 saturated heterocycles. The number of nitrogen functional groups attached to an aromatic ring is 1. The van der Waals surface area contributed by atoms with E-state index < -0.39 is 5.82 Å². The van der Waals surface area contributed by atoms with Gasteiger partial charge in [-0.1, -0.05) is 27.8 Å². The Kier molecular flexibility index (Phi) is 3.71. The van der Waals surface area contributed by atoms with E-state index in [2.05, 4.69) is 32.8 Å². The zero-order valence-corrected chi connectivity index (χ0v) is 8.44. The summed E-state index contributed by atoms with van der Waals surface area (Å²) in [6, 6.07) is 1.28. The van der Waals surface area contributed by atoms with Crippen molar-refractivity contribution in [3.63, 3.8) is 0 Å². The number of rotatable bonds is 1. The van der Waals surface area contributed by atoms with Crippen molar-refractivity contribution in [2.75, 3.05) is 11.1 Å². The molecule has 0 radical (unpaired) electrons. The van der Waals surface area contributed by atoms with Gasteiger partial charge in [0.05, 0.1) is 0 Å². The highest BCUT2D eigenvalue weighted by Gasteiger charge is 1.98. The van der Waals surface area contributed by atoms with Crippen molar-refractivity contribution >= 4 is 21.7 Å². The quantitative estimate of drug-likeness (QED) is 0.604. The van der Waals surface area contributed by atoms with Crippen molar-refractivity contribution < 1.29 is 4.39 Å². The van der Waals surface area contributed by atoms with Crippen LogP contribution in [0.1, 0.15) is 12.0 Å². The number of hydrogen-bond acceptors (Lipinski definition) is 2. The Bertz CT molecular complexity index is 354. The summed E-state index contributed by atoms with van der Waals surface area (Å²) >= 11 is 3.24. The lowest BCUT2D eigenvalue weighted by atomic mass is 10.2. The predicted octanol–water partition coefficient (Wildman–Crippen LogP) is 1.94. The van der Waals surface area contributed by atoms with Crippen LogP contribution in [0.3, 0.4) is 0 Å². The average molecular weight is 243 g/mol. The summed E-state index contributed by atoms with van der Waals surface area (Å²) in [4.78, 5) is 3.65. The molecule has 4 heteroatoms. The molecule has 68 valence electrons. The number of halogens is 2. The van der Waals surface area contributed by atoms with Crippen LogP contribution in [-0.4, -0.2) is 10.3 Å². The van der Waals surface area contributed by atoms with Gasteiger partial charge in [0.1, 0.15) is 0 Å². The lowest BCUT2D eigenvalue weighted by Gasteiger charge is -1.94. The van der Waals surface area contributed by atoms with Gasteiger partial charge < -0.3 is 5.73 Å². The largest absolute Gasteiger partial charge is 0.381 e. The third-order valence-electron chi connectivity index (χ3n) is 1.32. The van der Waals surface area contributed by atoms with Crippen molar-refractivity contribution in [3.8, 4) is 11.8 Å². The van der Waals surface area contributed by atoms with Gasteiger partial charge in [0.25, 0.3) is 0 Å². The number of anilines is 1. The van der Waals surface area contributed by atoms with E-state index in [1.807, 2.05) is 0 Å². The molecule has 1 heterocycles. The molecule has 0 bridgehead atoms. The number of hydrogen-bond donors (Lipinski definition) is 1. The molecule has 0 aliphatic carbocycles. The molecular formula is C9H8BrFN2. The van der Waals surface area contributed by atoms with Crippen molar-refractivity contribution in [1.29, 1.82) is 0 Å². The highest BCUT2D eigenvalue weighted by atomic mass is 79.9.